The lowest BCUT2D eigenvalue weighted by atomic mass is 10.0. The number of anilines is 1. The van der Waals surface area contributed by atoms with E-state index in [2.05, 4.69) is 0 Å². The van der Waals surface area contributed by atoms with Crippen LogP contribution in [0.25, 0.3) is 0 Å². The van der Waals surface area contributed by atoms with Gasteiger partial charge in [0.25, 0.3) is 5.91 Å². The molecule has 2 N–H and O–H groups in total. The second kappa shape index (κ2) is 5.38. The maximum Gasteiger partial charge on any atom is 0.254 e. The van der Waals surface area contributed by atoms with E-state index < -0.39 is 5.82 Å². The average molecular weight is 252 g/mol. The maximum atomic E-state index is 13.6. The number of carbonyl (C=O) groups excluding carboxylic acids is 1. The SMILES string of the molecule is Cc1c(N)cc(C(=O)N(C)C(C)C(C)C)cc1F. The van der Waals surface area contributed by atoms with Crippen molar-refractivity contribution in [2.24, 2.45) is 5.92 Å². The lowest BCUT2D eigenvalue weighted by Crippen LogP contribution is -2.38. The molecule has 100 valence electrons. The highest BCUT2D eigenvalue weighted by Crippen LogP contribution is 2.20. The molecular weight excluding hydrogens is 231 g/mol. The molecular formula is C14H21FN2O. The second-order valence-electron chi connectivity index (χ2n) is 5.07. The summed E-state index contributed by atoms with van der Waals surface area (Å²) < 4.78 is 13.6. The number of nitrogen functional groups attached to an aromatic ring is 1. The van der Waals surface area contributed by atoms with Crippen molar-refractivity contribution in [1.29, 1.82) is 0 Å². The molecule has 0 saturated carbocycles. The fraction of sp³-hybridized carbons (Fsp3) is 0.500. The molecule has 0 aliphatic heterocycles. The topological polar surface area (TPSA) is 46.3 Å². The Bertz CT molecular complexity index is 434. The van der Waals surface area contributed by atoms with Gasteiger partial charge in [-0.15, -0.1) is 0 Å². The standard InChI is InChI=1S/C14H21FN2O/c1-8(2)10(4)17(5)14(18)11-6-12(15)9(3)13(16)7-11/h6-8,10H,16H2,1-5H3. The molecule has 1 unspecified atom stereocenters. The molecule has 18 heavy (non-hydrogen) atoms. The van der Waals surface area contributed by atoms with Crippen molar-refractivity contribution in [3.8, 4) is 0 Å². The predicted molar refractivity (Wildman–Crippen MR) is 71.9 cm³/mol. The smallest absolute Gasteiger partial charge is 0.254 e. The van der Waals surface area contributed by atoms with Crippen LogP contribution in [0.1, 0.15) is 36.7 Å². The quantitative estimate of drug-likeness (QED) is 0.841. The first kappa shape index (κ1) is 14.5. The Labute approximate surface area is 108 Å². The van der Waals surface area contributed by atoms with E-state index in [4.69, 9.17) is 5.73 Å². The van der Waals surface area contributed by atoms with Crippen LogP contribution in [0, 0.1) is 18.7 Å². The van der Waals surface area contributed by atoms with E-state index in [9.17, 15) is 9.18 Å². The zero-order valence-corrected chi connectivity index (χ0v) is 11.6. The molecule has 0 heterocycles. The Morgan fingerprint density at radius 1 is 1.33 bits per heavy atom. The number of hydrogen-bond donors (Lipinski definition) is 1. The molecule has 0 bridgehead atoms. The van der Waals surface area contributed by atoms with Crippen LogP contribution in [0.4, 0.5) is 10.1 Å². The molecule has 0 fully saturated rings. The molecule has 1 atom stereocenters. The van der Waals surface area contributed by atoms with Crippen molar-refractivity contribution in [2.45, 2.75) is 33.7 Å². The molecule has 1 aromatic rings. The molecule has 0 aliphatic carbocycles. The van der Waals surface area contributed by atoms with Gasteiger partial charge in [-0.2, -0.15) is 0 Å². The first-order chi connectivity index (χ1) is 8.25. The minimum Gasteiger partial charge on any atom is -0.398 e. The van der Waals surface area contributed by atoms with Gasteiger partial charge in [0.1, 0.15) is 5.82 Å². The molecule has 3 nitrogen and oxygen atoms in total. The summed E-state index contributed by atoms with van der Waals surface area (Å²) in [6.45, 7) is 7.65. The number of carbonyl (C=O) groups is 1. The molecule has 1 aromatic carbocycles. The molecule has 4 heteroatoms. The first-order valence-electron chi connectivity index (χ1n) is 6.08. The van der Waals surface area contributed by atoms with Gasteiger partial charge in [0.05, 0.1) is 0 Å². The summed E-state index contributed by atoms with van der Waals surface area (Å²) in [6.07, 6.45) is 0. The molecule has 0 spiro atoms. The van der Waals surface area contributed by atoms with E-state index in [-0.39, 0.29) is 11.9 Å². The van der Waals surface area contributed by atoms with Gasteiger partial charge in [-0.05, 0) is 31.9 Å². The Balaban J connectivity index is 3.05. The normalized spacial score (nSPS) is 12.6. The maximum absolute atomic E-state index is 13.6. The van der Waals surface area contributed by atoms with Crippen LogP contribution in [-0.2, 0) is 0 Å². The fourth-order valence-corrected chi connectivity index (χ4v) is 1.66. The van der Waals surface area contributed by atoms with E-state index in [1.165, 1.54) is 12.1 Å². The van der Waals surface area contributed by atoms with Gasteiger partial charge in [0, 0.05) is 29.9 Å². The number of rotatable bonds is 3. The van der Waals surface area contributed by atoms with Gasteiger partial charge in [-0.25, -0.2) is 4.39 Å². The van der Waals surface area contributed by atoms with Gasteiger partial charge in [-0.1, -0.05) is 13.8 Å². The summed E-state index contributed by atoms with van der Waals surface area (Å²) in [5.41, 5.74) is 6.67. The third kappa shape index (κ3) is 2.81. The largest absolute Gasteiger partial charge is 0.398 e. The van der Waals surface area contributed by atoms with Crippen molar-refractivity contribution in [3.05, 3.63) is 29.1 Å². The van der Waals surface area contributed by atoms with Crippen molar-refractivity contribution in [3.63, 3.8) is 0 Å². The van der Waals surface area contributed by atoms with Gasteiger partial charge in [0.2, 0.25) is 0 Å². The zero-order valence-electron chi connectivity index (χ0n) is 11.6. The Kier molecular flexibility index (Phi) is 4.33. The van der Waals surface area contributed by atoms with Crippen LogP contribution < -0.4 is 5.73 Å². The summed E-state index contributed by atoms with van der Waals surface area (Å²) in [7, 11) is 1.72. The number of nitrogens with zero attached hydrogens (tertiary/aromatic N) is 1. The van der Waals surface area contributed by atoms with Crippen LogP contribution in [0.3, 0.4) is 0 Å². The zero-order chi connectivity index (χ0) is 14.0. The summed E-state index contributed by atoms with van der Waals surface area (Å²) in [5.74, 6) is -0.308. The van der Waals surface area contributed by atoms with E-state index in [1.54, 1.807) is 18.9 Å². The van der Waals surface area contributed by atoms with Crippen molar-refractivity contribution in [2.75, 3.05) is 12.8 Å². The van der Waals surface area contributed by atoms with Gasteiger partial charge in [-0.3, -0.25) is 4.79 Å². The van der Waals surface area contributed by atoms with E-state index >= 15 is 0 Å². The minimum atomic E-state index is -0.441. The van der Waals surface area contributed by atoms with Crippen LogP contribution >= 0.6 is 0 Å². The molecule has 0 radical (unpaired) electrons. The lowest BCUT2D eigenvalue weighted by molar-refractivity contribution is 0.0706. The van der Waals surface area contributed by atoms with Crippen LogP contribution in [-0.4, -0.2) is 23.9 Å². The van der Waals surface area contributed by atoms with E-state index in [0.29, 0.717) is 22.7 Å². The Morgan fingerprint density at radius 2 is 1.89 bits per heavy atom. The third-order valence-electron chi connectivity index (χ3n) is 3.53. The highest BCUT2D eigenvalue weighted by molar-refractivity contribution is 5.95. The summed E-state index contributed by atoms with van der Waals surface area (Å²) >= 11 is 0. The highest BCUT2D eigenvalue weighted by Gasteiger charge is 2.21. The predicted octanol–water partition coefficient (Wildman–Crippen LogP) is 2.83. The minimum absolute atomic E-state index is 0.0862. The van der Waals surface area contributed by atoms with Gasteiger partial charge < -0.3 is 10.6 Å². The molecule has 0 aromatic heterocycles. The van der Waals surface area contributed by atoms with Crippen molar-refractivity contribution < 1.29 is 9.18 Å². The summed E-state index contributed by atoms with van der Waals surface area (Å²) in [6, 6.07) is 2.87. The summed E-state index contributed by atoms with van der Waals surface area (Å²) in [4.78, 5) is 13.8. The number of amides is 1. The number of hydrogen-bond acceptors (Lipinski definition) is 2. The van der Waals surface area contributed by atoms with Crippen LogP contribution in [0.5, 0.6) is 0 Å². The Morgan fingerprint density at radius 3 is 2.33 bits per heavy atom. The average Bonchev–Trinajstić information content (AvgIpc) is 2.32. The third-order valence-corrected chi connectivity index (χ3v) is 3.53. The summed E-state index contributed by atoms with van der Waals surface area (Å²) in [5, 5.41) is 0. The van der Waals surface area contributed by atoms with Crippen molar-refractivity contribution >= 4 is 11.6 Å². The van der Waals surface area contributed by atoms with Gasteiger partial charge in [0.15, 0.2) is 0 Å². The Hall–Kier alpha value is -1.58. The van der Waals surface area contributed by atoms with E-state index in [1.807, 2.05) is 20.8 Å². The molecule has 0 aliphatic rings. The number of nitrogens with two attached hydrogens (primary N) is 1. The number of benzene rings is 1. The van der Waals surface area contributed by atoms with Crippen LogP contribution in [0.15, 0.2) is 12.1 Å². The number of halogens is 1. The highest BCUT2D eigenvalue weighted by atomic mass is 19.1. The lowest BCUT2D eigenvalue weighted by Gasteiger charge is -2.28. The van der Waals surface area contributed by atoms with Crippen molar-refractivity contribution in [1.82, 2.24) is 4.90 Å². The molecule has 0 saturated heterocycles. The molecule has 1 amide bonds. The first-order valence-corrected chi connectivity index (χ1v) is 6.08. The van der Waals surface area contributed by atoms with Gasteiger partial charge >= 0.3 is 0 Å². The fourth-order valence-electron chi connectivity index (χ4n) is 1.66. The second-order valence-corrected chi connectivity index (χ2v) is 5.07. The molecule has 1 rings (SSSR count). The van der Waals surface area contributed by atoms with E-state index in [0.717, 1.165) is 0 Å². The monoisotopic (exact) mass is 252 g/mol. The van der Waals surface area contributed by atoms with Crippen LogP contribution in [0.2, 0.25) is 0 Å².